The van der Waals surface area contributed by atoms with Gasteiger partial charge in [0.25, 0.3) is 0 Å². The quantitative estimate of drug-likeness (QED) is 0.384. The number of benzene rings is 1. The molecule has 1 fully saturated rings. The summed E-state index contributed by atoms with van der Waals surface area (Å²) in [5.74, 6) is 2.02. The van der Waals surface area contributed by atoms with Crippen molar-refractivity contribution in [2.45, 2.75) is 32.1 Å². The molecular weight excluding hydrogens is 390 g/mol. The average Bonchev–Trinajstić information content (AvgIpc) is 3.14. The molecule has 1 aliphatic heterocycles. The molecule has 0 atom stereocenters. The number of hydrogen-bond donors (Lipinski definition) is 2. The van der Waals surface area contributed by atoms with Gasteiger partial charge in [-0.25, -0.2) is 4.68 Å². The molecule has 2 aromatic rings. The lowest BCUT2D eigenvalue weighted by Crippen LogP contribution is -2.40. The Hall–Kier alpha value is -3.05. The molecule has 1 aliphatic rings. The minimum Gasteiger partial charge on any atom is -0.382 e. The van der Waals surface area contributed by atoms with Gasteiger partial charge < -0.3 is 20.7 Å². The molecule has 0 unspecified atom stereocenters. The summed E-state index contributed by atoms with van der Waals surface area (Å²) in [5.41, 5.74) is 8.23. The Morgan fingerprint density at radius 1 is 1.35 bits per heavy atom. The summed E-state index contributed by atoms with van der Waals surface area (Å²) in [6, 6.07) is 11.9. The Bertz CT molecular complexity index is 895. The van der Waals surface area contributed by atoms with Gasteiger partial charge in [0.05, 0.1) is 11.4 Å². The largest absolute Gasteiger partial charge is 0.382 e. The second kappa shape index (κ2) is 11.4. The number of ether oxygens (including phenoxy) is 1. The van der Waals surface area contributed by atoms with Crippen molar-refractivity contribution < 1.29 is 4.74 Å². The van der Waals surface area contributed by atoms with E-state index in [4.69, 9.17) is 10.5 Å². The van der Waals surface area contributed by atoms with Gasteiger partial charge in [0, 0.05) is 40.4 Å². The molecule has 2 heterocycles. The number of aliphatic imine (C=N–C) groups is 1. The van der Waals surface area contributed by atoms with E-state index in [0.717, 1.165) is 75.2 Å². The molecule has 8 nitrogen and oxygen atoms in total. The third kappa shape index (κ3) is 5.98. The van der Waals surface area contributed by atoms with Gasteiger partial charge in [-0.3, -0.25) is 4.99 Å². The summed E-state index contributed by atoms with van der Waals surface area (Å²) in [4.78, 5) is 6.58. The minimum atomic E-state index is 0.389. The number of nitrogen functional groups attached to an aromatic ring is 1. The predicted molar refractivity (Wildman–Crippen MR) is 123 cm³/mol. The van der Waals surface area contributed by atoms with Gasteiger partial charge in [0.1, 0.15) is 17.5 Å². The van der Waals surface area contributed by atoms with Gasteiger partial charge in [-0.15, -0.1) is 0 Å². The number of aryl methyl sites for hydroxylation is 1. The van der Waals surface area contributed by atoms with E-state index < -0.39 is 0 Å². The third-order valence-electron chi connectivity index (χ3n) is 5.77. The van der Waals surface area contributed by atoms with Crippen molar-refractivity contribution in [3.05, 3.63) is 41.6 Å². The molecule has 0 spiro atoms. The van der Waals surface area contributed by atoms with Crippen LogP contribution in [-0.2, 0) is 11.2 Å². The molecule has 1 saturated heterocycles. The maximum atomic E-state index is 9.55. The van der Waals surface area contributed by atoms with E-state index in [1.807, 2.05) is 37.4 Å². The van der Waals surface area contributed by atoms with Gasteiger partial charge in [-0.1, -0.05) is 18.2 Å². The highest BCUT2D eigenvalue weighted by atomic mass is 16.5. The van der Waals surface area contributed by atoms with Crippen LogP contribution in [0.2, 0.25) is 0 Å². The molecule has 1 aromatic carbocycles. The van der Waals surface area contributed by atoms with Crippen LogP contribution in [0.15, 0.2) is 35.3 Å². The summed E-state index contributed by atoms with van der Waals surface area (Å²) >= 11 is 0. The summed E-state index contributed by atoms with van der Waals surface area (Å²) in [6.07, 6.45) is 4.96. The number of guanidine groups is 1. The summed E-state index contributed by atoms with van der Waals surface area (Å²) in [7, 11) is 3.88. The molecule has 0 bridgehead atoms. The predicted octanol–water partition coefficient (Wildman–Crippen LogP) is 2.58. The number of anilines is 1. The van der Waals surface area contributed by atoms with Crippen molar-refractivity contribution in [2.24, 2.45) is 10.9 Å². The van der Waals surface area contributed by atoms with Gasteiger partial charge in [0.2, 0.25) is 0 Å². The third-order valence-corrected chi connectivity index (χ3v) is 5.77. The molecule has 3 rings (SSSR count). The molecule has 0 amide bonds. The van der Waals surface area contributed by atoms with Crippen molar-refractivity contribution in [1.82, 2.24) is 20.0 Å². The fourth-order valence-electron chi connectivity index (χ4n) is 3.90. The Morgan fingerprint density at radius 2 is 2.10 bits per heavy atom. The average molecular weight is 424 g/mol. The monoisotopic (exact) mass is 423 g/mol. The van der Waals surface area contributed by atoms with E-state index in [1.165, 1.54) is 0 Å². The van der Waals surface area contributed by atoms with Crippen LogP contribution in [0.1, 0.15) is 36.9 Å². The topological polar surface area (TPSA) is 104 Å². The van der Waals surface area contributed by atoms with E-state index in [2.05, 4.69) is 33.4 Å². The summed E-state index contributed by atoms with van der Waals surface area (Å²) in [6.45, 7) is 3.49. The lowest BCUT2D eigenvalue weighted by atomic mass is 9.96. The molecule has 0 aliphatic carbocycles. The number of nitriles is 1. The highest BCUT2D eigenvalue weighted by Crippen LogP contribution is 2.21. The number of nitrogens with zero attached hydrogens (tertiary/aromatic N) is 5. The van der Waals surface area contributed by atoms with Crippen molar-refractivity contribution in [3.8, 4) is 11.8 Å². The molecule has 3 N–H and O–H groups in total. The molecule has 0 saturated carbocycles. The van der Waals surface area contributed by atoms with Crippen LogP contribution < -0.4 is 11.1 Å². The molecule has 166 valence electrons. The van der Waals surface area contributed by atoms with Crippen molar-refractivity contribution in [3.63, 3.8) is 0 Å². The van der Waals surface area contributed by atoms with Crippen LogP contribution in [-0.4, -0.2) is 61.0 Å². The first-order chi connectivity index (χ1) is 15.1. The second-order valence-corrected chi connectivity index (χ2v) is 7.91. The van der Waals surface area contributed by atoms with Crippen LogP contribution in [0.4, 0.5) is 5.82 Å². The number of para-hydroxylation sites is 1. The van der Waals surface area contributed by atoms with Crippen molar-refractivity contribution in [2.75, 3.05) is 46.1 Å². The van der Waals surface area contributed by atoms with Crippen LogP contribution in [0.5, 0.6) is 0 Å². The van der Waals surface area contributed by atoms with Gasteiger partial charge in [0.15, 0.2) is 5.96 Å². The number of nitrogens with two attached hydrogens (primary N) is 1. The van der Waals surface area contributed by atoms with E-state index in [-0.39, 0.29) is 0 Å². The second-order valence-electron chi connectivity index (χ2n) is 7.91. The number of nitrogens with one attached hydrogen (secondary N) is 1. The molecular formula is C23H33N7O. The van der Waals surface area contributed by atoms with E-state index in [1.54, 1.807) is 4.68 Å². The van der Waals surface area contributed by atoms with E-state index in [9.17, 15) is 5.26 Å². The first-order valence-electron chi connectivity index (χ1n) is 11.0. The Balaban J connectivity index is 1.49. The van der Waals surface area contributed by atoms with Gasteiger partial charge in [-0.2, -0.15) is 10.4 Å². The lowest BCUT2D eigenvalue weighted by Gasteiger charge is -2.26. The fraction of sp³-hybridized carbons (Fsp3) is 0.522. The molecule has 31 heavy (non-hydrogen) atoms. The van der Waals surface area contributed by atoms with E-state index >= 15 is 0 Å². The number of rotatable bonds is 8. The Morgan fingerprint density at radius 3 is 2.77 bits per heavy atom. The maximum Gasteiger partial charge on any atom is 0.193 e. The van der Waals surface area contributed by atoms with Crippen LogP contribution >= 0.6 is 0 Å². The molecule has 8 heteroatoms. The van der Waals surface area contributed by atoms with Crippen LogP contribution in [0.25, 0.3) is 5.69 Å². The standard InChI is InChI=1S/C23H33N7O/c1-26-23(29(2)14-10-18-11-15-31-16-12-18)27-13-6-9-21-20(17-24)22(25)30(28-21)19-7-4-3-5-8-19/h3-5,7-8,18H,6,9-16,25H2,1-2H3,(H,26,27). The van der Waals surface area contributed by atoms with Crippen LogP contribution in [0, 0.1) is 17.2 Å². The first-order valence-corrected chi connectivity index (χ1v) is 11.0. The number of aromatic nitrogens is 2. The minimum absolute atomic E-state index is 0.389. The van der Waals surface area contributed by atoms with E-state index in [0.29, 0.717) is 17.8 Å². The number of hydrogen-bond acceptors (Lipinski definition) is 5. The van der Waals surface area contributed by atoms with Crippen molar-refractivity contribution >= 4 is 11.8 Å². The van der Waals surface area contributed by atoms with Crippen molar-refractivity contribution in [1.29, 1.82) is 5.26 Å². The van der Waals surface area contributed by atoms with Gasteiger partial charge >= 0.3 is 0 Å². The van der Waals surface area contributed by atoms with Gasteiger partial charge in [-0.05, 0) is 50.2 Å². The SMILES string of the molecule is CN=C(NCCCc1nn(-c2ccccc2)c(N)c1C#N)N(C)CCC1CCOCC1. The normalized spacial score (nSPS) is 14.9. The zero-order chi connectivity index (χ0) is 22.1. The smallest absolute Gasteiger partial charge is 0.193 e. The first kappa shape index (κ1) is 22.6. The zero-order valence-electron chi connectivity index (χ0n) is 18.5. The van der Waals surface area contributed by atoms with Crippen LogP contribution in [0.3, 0.4) is 0 Å². The summed E-state index contributed by atoms with van der Waals surface area (Å²) in [5, 5.41) is 17.6. The maximum absolute atomic E-state index is 9.55. The highest BCUT2D eigenvalue weighted by Gasteiger charge is 2.17. The Labute approximate surface area is 184 Å². The Kier molecular flexibility index (Phi) is 8.30. The lowest BCUT2D eigenvalue weighted by molar-refractivity contribution is 0.0625. The fourth-order valence-corrected chi connectivity index (χ4v) is 3.90. The zero-order valence-corrected chi connectivity index (χ0v) is 18.5. The molecule has 1 aromatic heterocycles. The summed E-state index contributed by atoms with van der Waals surface area (Å²) < 4.78 is 7.09. The molecule has 0 radical (unpaired) electrons. The highest BCUT2D eigenvalue weighted by molar-refractivity contribution is 5.79.